The Labute approximate surface area is 38.0 Å². The highest BCUT2D eigenvalue weighted by molar-refractivity contribution is 4.77. The van der Waals surface area contributed by atoms with E-state index in [1.165, 1.54) is 12.8 Å². The fourth-order valence-corrected chi connectivity index (χ4v) is 0.579. The van der Waals surface area contributed by atoms with Crippen LogP contribution < -0.4 is 0 Å². The molecule has 0 aliphatic heterocycles. The number of rotatable bonds is 1. The monoisotopic (exact) mass is 86.1 g/mol. The smallest absolute Gasteiger partial charge is 0.0540 e. The van der Waals surface area contributed by atoms with Gasteiger partial charge < -0.3 is 5.11 Å². The van der Waals surface area contributed by atoms with Crippen LogP contribution in [-0.4, -0.2) is 11.2 Å². The van der Waals surface area contributed by atoms with Crippen molar-refractivity contribution < 1.29 is 5.11 Å². The summed E-state index contributed by atoms with van der Waals surface area (Å²) in [5, 5.41) is 8.69. The first-order chi connectivity index (χ1) is 2.80. The summed E-state index contributed by atoms with van der Waals surface area (Å²) in [5.74, 6) is 0.657. The molecule has 1 fully saturated rings. The first-order valence-electron chi connectivity index (χ1n) is 2.49. The van der Waals surface area contributed by atoms with Gasteiger partial charge in [0.05, 0.1) is 6.10 Å². The van der Waals surface area contributed by atoms with E-state index in [1.54, 1.807) is 0 Å². The lowest BCUT2D eigenvalue weighted by molar-refractivity contribution is 0.171. The van der Waals surface area contributed by atoms with Crippen molar-refractivity contribution >= 4 is 0 Å². The number of aliphatic hydroxyl groups excluding tert-OH is 1. The number of hydrogen-bond acceptors (Lipinski definition) is 1. The van der Waals surface area contributed by atoms with Crippen LogP contribution in [0.2, 0.25) is 0 Å². The van der Waals surface area contributed by atoms with Crippen LogP contribution in [0.3, 0.4) is 0 Å². The van der Waals surface area contributed by atoms with Gasteiger partial charge in [0, 0.05) is 0 Å². The minimum absolute atomic E-state index is 0.0370. The summed E-state index contributed by atoms with van der Waals surface area (Å²) in [7, 11) is 0. The predicted molar refractivity (Wildman–Crippen MR) is 24.4 cm³/mol. The molecule has 0 aromatic rings. The third-order valence-electron chi connectivity index (χ3n) is 1.30. The van der Waals surface area contributed by atoms with E-state index in [1.807, 2.05) is 6.92 Å². The van der Waals surface area contributed by atoms with E-state index in [-0.39, 0.29) is 6.10 Å². The second kappa shape index (κ2) is 1.23. The SMILES string of the molecule is C[C@@H](O)C1CC1. The summed E-state index contributed by atoms with van der Waals surface area (Å²) >= 11 is 0. The molecule has 0 saturated heterocycles. The van der Waals surface area contributed by atoms with Gasteiger partial charge in [0.2, 0.25) is 0 Å². The van der Waals surface area contributed by atoms with E-state index < -0.39 is 0 Å². The molecule has 1 rings (SSSR count). The molecule has 1 aliphatic carbocycles. The maximum Gasteiger partial charge on any atom is 0.0540 e. The van der Waals surface area contributed by atoms with Gasteiger partial charge in [-0.1, -0.05) is 0 Å². The van der Waals surface area contributed by atoms with Crippen LogP contribution in [0.15, 0.2) is 0 Å². The van der Waals surface area contributed by atoms with Gasteiger partial charge in [-0.3, -0.25) is 0 Å². The second-order valence-electron chi connectivity index (χ2n) is 2.08. The molecular weight excluding hydrogens is 76.1 g/mol. The summed E-state index contributed by atoms with van der Waals surface area (Å²) in [6, 6.07) is 0. The van der Waals surface area contributed by atoms with Crippen molar-refractivity contribution in [1.82, 2.24) is 0 Å². The van der Waals surface area contributed by atoms with Crippen molar-refractivity contribution in [1.29, 1.82) is 0 Å². The fraction of sp³-hybridized carbons (Fsp3) is 1.00. The van der Waals surface area contributed by atoms with Crippen molar-refractivity contribution in [3.8, 4) is 0 Å². The molecule has 1 aliphatic rings. The van der Waals surface area contributed by atoms with Crippen LogP contribution in [0.5, 0.6) is 0 Å². The van der Waals surface area contributed by atoms with Gasteiger partial charge >= 0.3 is 0 Å². The zero-order valence-electron chi connectivity index (χ0n) is 4.02. The van der Waals surface area contributed by atoms with Crippen molar-refractivity contribution in [2.24, 2.45) is 5.92 Å². The predicted octanol–water partition coefficient (Wildman–Crippen LogP) is 0.777. The molecular formula is C5H10O. The van der Waals surface area contributed by atoms with Crippen molar-refractivity contribution in [3.63, 3.8) is 0 Å². The lowest BCUT2D eigenvalue weighted by Gasteiger charge is -1.93. The highest BCUT2D eigenvalue weighted by Gasteiger charge is 2.25. The Morgan fingerprint density at radius 1 is 1.67 bits per heavy atom. The van der Waals surface area contributed by atoms with Crippen molar-refractivity contribution in [2.75, 3.05) is 0 Å². The molecule has 0 heterocycles. The highest BCUT2D eigenvalue weighted by Crippen LogP contribution is 2.31. The van der Waals surface area contributed by atoms with E-state index in [4.69, 9.17) is 5.11 Å². The molecule has 0 radical (unpaired) electrons. The molecule has 1 heteroatoms. The van der Waals surface area contributed by atoms with Gasteiger partial charge in [0.1, 0.15) is 0 Å². The molecule has 1 N–H and O–H groups in total. The van der Waals surface area contributed by atoms with Crippen molar-refractivity contribution in [3.05, 3.63) is 0 Å². The fourth-order valence-electron chi connectivity index (χ4n) is 0.579. The Bertz CT molecular complexity index is 45.9. The first-order valence-corrected chi connectivity index (χ1v) is 2.49. The van der Waals surface area contributed by atoms with Crippen LogP contribution in [0.25, 0.3) is 0 Å². The summed E-state index contributed by atoms with van der Waals surface area (Å²) in [4.78, 5) is 0. The largest absolute Gasteiger partial charge is 0.393 e. The van der Waals surface area contributed by atoms with Gasteiger partial charge in [-0.05, 0) is 25.7 Å². The van der Waals surface area contributed by atoms with Crippen LogP contribution >= 0.6 is 0 Å². The third kappa shape index (κ3) is 0.716. The minimum atomic E-state index is -0.0370. The zero-order valence-corrected chi connectivity index (χ0v) is 4.02. The van der Waals surface area contributed by atoms with E-state index >= 15 is 0 Å². The molecule has 0 amide bonds. The summed E-state index contributed by atoms with van der Waals surface area (Å²) in [6.45, 7) is 1.86. The molecule has 36 valence electrons. The Balaban J connectivity index is 2.13. The van der Waals surface area contributed by atoms with Crippen molar-refractivity contribution in [2.45, 2.75) is 25.9 Å². The number of aliphatic hydroxyl groups is 1. The molecule has 1 atom stereocenters. The van der Waals surface area contributed by atoms with Crippen LogP contribution in [0, 0.1) is 5.92 Å². The Kier molecular flexibility index (Phi) is 0.845. The molecule has 0 aromatic carbocycles. The maximum atomic E-state index is 8.69. The van der Waals surface area contributed by atoms with Gasteiger partial charge in [-0.15, -0.1) is 0 Å². The first kappa shape index (κ1) is 4.13. The summed E-state index contributed by atoms with van der Waals surface area (Å²) in [6.07, 6.45) is 2.46. The van der Waals surface area contributed by atoms with E-state index in [2.05, 4.69) is 0 Å². The average Bonchev–Trinajstić information content (AvgIpc) is 2.06. The third-order valence-corrected chi connectivity index (χ3v) is 1.30. The maximum absolute atomic E-state index is 8.69. The lowest BCUT2D eigenvalue weighted by Crippen LogP contribution is -1.99. The molecule has 0 aromatic heterocycles. The van der Waals surface area contributed by atoms with E-state index in [0.717, 1.165) is 0 Å². The molecule has 0 unspecified atom stereocenters. The lowest BCUT2D eigenvalue weighted by atomic mass is 10.3. The van der Waals surface area contributed by atoms with E-state index in [0.29, 0.717) is 5.92 Å². The van der Waals surface area contributed by atoms with Gasteiger partial charge in [0.25, 0.3) is 0 Å². The second-order valence-corrected chi connectivity index (χ2v) is 2.08. The van der Waals surface area contributed by atoms with Gasteiger partial charge in [-0.25, -0.2) is 0 Å². The summed E-state index contributed by atoms with van der Waals surface area (Å²) in [5.41, 5.74) is 0. The molecule has 1 saturated carbocycles. The zero-order chi connectivity index (χ0) is 4.57. The highest BCUT2D eigenvalue weighted by atomic mass is 16.3. The average molecular weight is 86.1 g/mol. The van der Waals surface area contributed by atoms with Gasteiger partial charge in [-0.2, -0.15) is 0 Å². The van der Waals surface area contributed by atoms with Gasteiger partial charge in [0.15, 0.2) is 0 Å². The van der Waals surface area contributed by atoms with Crippen LogP contribution in [-0.2, 0) is 0 Å². The minimum Gasteiger partial charge on any atom is -0.393 e. The summed E-state index contributed by atoms with van der Waals surface area (Å²) < 4.78 is 0. The molecule has 1 nitrogen and oxygen atoms in total. The Hall–Kier alpha value is -0.0400. The normalized spacial score (nSPS) is 27.0. The van der Waals surface area contributed by atoms with Crippen LogP contribution in [0.4, 0.5) is 0 Å². The molecule has 0 bridgehead atoms. The van der Waals surface area contributed by atoms with E-state index in [9.17, 15) is 0 Å². The molecule has 0 spiro atoms. The number of hydrogen-bond donors (Lipinski definition) is 1. The Morgan fingerprint density at radius 3 is 2.17 bits per heavy atom. The van der Waals surface area contributed by atoms with Crippen LogP contribution in [0.1, 0.15) is 19.8 Å². The molecule has 6 heavy (non-hydrogen) atoms. The standard InChI is InChI=1S/C5H10O/c1-4(6)5-2-3-5/h4-6H,2-3H2,1H3/t4-/m1/s1. The topological polar surface area (TPSA) is 20.2 Å². The quantitative estimate of drug-likeness (QED) is 0.500. The Morgan fingerprint density at radius 2 is 2.17 bits per heavy atom.